The Kier molecular flexibility index (Phi) is 3.43. The van der Waals surface area contributed by atoms with Crippen molar-refractivity contribution in [3.8, 4) is 0 Å². The SMILES string of the molecule is OCc1nncn1CCc1cc(F)cc(F)c1. The van der Waals surface area contributed by atoms with Crippen molar-refractivity contribution in [2.75, 3.05) is 0 Å². The number of aliphatic hydroxyl groups is 1. The Hall–Kier alpha value is -1.82. The molecule has 0 saturated heterocycles. The predicted molar refractivity (Wildman–Crippen MR) is 56.0 cm³/mol. The highest BCUT2D eigenvalue weighted by atomic mass is 19.1. The Balaban J connectivity index is 2.07. The Morgan fingerprint density at radius 1 is 1.18 bits per heavy atom. The van der Waals surface area contributed by atoms with E-state index in [1.54, 1.807) is 4.57 Å². The Labute approximate surface area is 96.5 Å². The molecule has 1 aromatic carbocycles. The summed E-state index contributed by atoms with van der Waals surface area (Å²) in [6.45, 7) is 0.253. The molecule has 0 amide bonds. The molecule has 0 radical (unpaired) electrons. The maximum absolute atomic E-state index is 12.9. The number of aliphatic hydroxyl groups excluding tert-OH is 1. The summed E-state index contributed by atoms with van der Waals surface area (Å²) in [5.41, 5.74) is 0.556. The third kappa shape index (κ3) is 2.85. The number of benzene rings is 1. The lowest BCUT2D eigenvalue weighted by atomic mass is 10.1. The van der Waals surface area contributed by atoms with Gasteiger partial charge in [-0.2, -0.15) is 0 Å². The fraction of sp³-hybridized carbons (Fsp3) is 0.273. The van der Waals surface area contributed by atoms with Gasteiger partial charge < -0.3 is 9.67 Å². The molecule has 0 aliphatic heterocycles. The van der Waals surface area contributed by atoms with Crippen LogP contribution in [0.3, 0.4) is 0 Å². The van der Waals surface area contributed by atoms with Crippen LogP contribution in [-0.2, 0) is 19.6 Å². The summed E-state index contributed by atoms with van der Waals surface area (Å²) >= 11 is 0. The first-order valence-electron chi connectivity index (χ1n) is 5.11. The van der Waals surface area contributed by atoms with Crippen LogP contribution in [0.1, 0.15) is 11.4 Å². The average molecular weight is 239 g/mol. The van der Waals surface area contributed by atoms with Gasteiger partial charge in [0.15, 0.2) is 5.82 Å². The van der Waals surface area contributed by atoms with Gasteiger partial charge >= 0.3 is 0 Å². The number of halogens is 2. The van der Waals surface area contributed by atoms with Crippen molar-refractivity contribution in [2.24, 2.45) is 0 Å². The summed E-state index contributed by atoms with van der Waals surface area (Å²) in [5, 5.41) is 16.3. The highest BCUT2D eigenvalue weighted by Crippen LogP contribution is 2.09. The maximum Gasteiger partial charge on any atom is 0.158 e. The lowest BCUT2D eigenvalue weighted by Gasteiger charge is -2.05. The summed E-state index contributed by atoms with van der Waals surface area (Å²) < 4.78 is 27.5. The number of hydrogen-bond donors (Lipinski definition) is 1. The van der Waals surface area contributed by atoms with Crippen LogP contribution in [0, 0.1) is 11.6 Å². The minimum Gasteiger partial charge on any atom is -0.388 e. The van der Waals surface area contributed by atoms with Gasteiger partial charge in [-0.25, -0.2) is 8.78 Å². The summed E-state index contributed by atoms with van der Waals surface area (Å²) in [4.78, 5) is 0. The molecule has 1 N–H and O–H groups in total. The zero-order chi connectivity index (χ0) is 12.3. The minimum absolute atomic E-state index is 0.211. The summed E-state index contributed by atoms with van der Waals surface area (Å²) in [6.07, 6.45) is 1.92. The molecule has 17 heavy (non-hydrogen) atoms. The Morgan fingerprint density at radius 3 is 2.53 bits per heavy atom. The van der Waals surface area contributed by atoms with Crippen molar-refractivity contribution in [3.63, 3.8) is 0 Å². The second-order valence-corrected chi connectivity index (χ2v) is 3.63. The van der Waals surface area contributed by atoms with Gasteiger partial charge in [-0.1, -0.05) is 0 Å². The molecular weight excluding hydrogens is 228 g/mol. The first kappa shape index (κ1) is 11.7. The molecule has 0 atom stereocenters. The number of hydrogen-bond acceptors (Lipinski definition) is 3. The monoisotopic (exact) mass is 239 g/mol. The maximum atomic E-state index is 12.9. The van der Waals surface area contributed by atoms with E-state index in [1.165, 1.54) is 18.5 Å². The van der Waals surface area contributed by atoms with E-state index in [4.69, 9.17) is 5.11 Å². The van der Waals surface area contributed by atoms with E-state index in [9.17, 15) is 8.78 Å². The summed E-state index contributed by atoms with van der Waals surface area (Å²) in [5.74, 6) is -0.751. The normalized spacial score (nSPS) is 10.8. The predicted octanol–water partition coefficient (Wildman–Crippen LogP) is 1.29. The largest absolute Gasteiger partial charge is 0.388 e. The average Bonchev–Trinajstić information content (AvgIpc) is 2.72. The van der Waals surface area contributed by atoms with Crippen molar-refractivity contribution in [2.45, 2.75) is 19.6 Å². The van der Waals surface area contributed by atoms with E-state index in [2.05, 4.69) is 10.2 Å². The van der Waals surface area contributed by atoms with Gasteiger partial charge in [0.2, 0.25) is 0 Å². The van der Waals surface area contributed by atoms with E-state index >= 15 is 0 Å². The highest BCUT2D eigenvalue weighted by molar-refractivity contribution is 5.17. The van der Waals surface area contributed by atoms with Crippen LogP contribution in [-0.4, -0.2) is 19.9 Å². The van der Waals surface area contributed by atoms with Gasteiger partial charge in [0.25, 0.3) is 0 Å². The number of nitrogens with zero attached hydrogens (tertiary/aromatic N) is 3. The van der Waals surface area contributed by atoms with Crippen LogP contribution in [0.2, 0.25) is 0 Å². The fourth-order valence-corrected chi connectivity index (χ4v) is 1.59. The molecule has 0 saturated carbocycles. The fourth-order valence-electron chi connectivity index (χ4n) is 1.59. The lowest BCUT2D eigenvalue weighted by Crippen LogP contribution is -2.05. The molecule has 1 aromatic heterocycles. The molecule has 2 aromatic rings. The van der Waals surface area contributed by atoms with Crippen molar-refractivity contribution in [1.82, 2.24) is 14.8 Å². The van der Waals surface area contributed by atoms with Crippen LogP contribution in [0.4, 0.5) is 8.78 Å². The van der Waals surface area contributed by atoms with Gasteiger partial charge in [-0.3, -0.25) is 0 Å². The van der Waals surface area contributed by atoms with Crippen molar-refractivity contribution in [1.29, 1.82) is 0 Å². The quantitative estimate of drug-likeness (QED) is 0.874. The topological polar surface area (TPSA) is 50.9 Å². The van der Waals surface area contributed by atoms with Crippen LogP contribution in [0.15, 0.2) is 24.5 Å². The van der Waals surface area contributed by atoms with Crippen molar-refractivity contribution < 1.29 is 13.9 Å². The van der Waals surface area contributed by atoms with E-state index < -0.39 is 11.6 Å². The van der Waals surface area contributed by atoms with Crippen LogP contribution in [0.25, 0.3) is 0 Å². The number of rotatable bonds is 4. The zero-order valence-corrected chi connectivity index (χ0v) is 8.98. The van der Waals surface area contributed by atoms with Gasteiger partial charge in [0.05, 0.1) is 0 Å². The van der Waals surface area contributed by atoms with E-state index in [0.29, 0.717) is 24.4 Å². The molecule has 0 bridgehead atoms. The molecule has 6 heteroatoms. The van der Waals surface area contributed by atoms with Crippen LogP contribution in [0.5, 0.6) is 0 Å². The van der Waals surface area contributed by atoms with E-state index in [0.717, 1.165) is 6.07 Å². The summed E-state index contributed by atoms with van der Waals surface area (Å²) in [7, 11) is 0. The van der Waals surface area contributed by atoms with Crippen LogP contribution < -0.4 is 0 Å². The second kappa shape index (κ2) is 5.01. The minimum atomic E-state index is -0.592. The Bertz CT molecular complexity index is 493. The van der Waals surface area contributed by atoms with Crippen molar-refractivity contribution >= 4 is 0 Å². The standard InChI is InChI=1S/C11H11F2N3O/c12-9-3-8(4-10(13)5-9)1-2-16-7-14-15-11(16)6-17/h3-5,7,17H,1-2,6H2. The van der Waals surface area contributed by atoms with Crippen molar-refractivity contribution in [3.05, 3.63) is 47.5 Å². The molecule has 90 valence electrons. The van der Waals surface area contributed by atoms with E-state index in [1.807, 2.05) is 0 Å². The first-order chi connectivity index (χ1) is 8.19. The molecular formula is C11H11F2N3O. The molecule has 2 rings (SSSR count). The summed E-state index contributed by atoms with van der Waals surface area (Å²) in [6, 6.07) is 3.40. The van der Waals surface area contributed by atoms with Gasteiger partial charge in [-0.15, -0.1) is 10.2 Å². The molecule has 0 unspecified atom stereocenters. The lowest BCUT2D eigenvalue weighted by molar-refractivity contribution is 0.264. The third-order valence-electron chi connectivity index (χ3n) is 2.40. The first-order valence-corrected chi connectivity index (χ1v) is 5.11. The molecule has 0 aliphatic carbocycles. The third-order valence-corrected chi connectivity index (χ3v) is 2.40. The van der Waals surface area contributed by atoms with E-state index in [-0.39, 0.29) is 6.61 Å². The zero-order valence-electron chi connectivity index (χ0n) is 8.98. The molecule has 1 heterocycles. The highest BCUT2D eigenvalue weighted by Gasteiger charge is 2.04. The molecule has 4 nitrogen and oxygen atoms in total. The van der Waals surface area contributed by atoms with Crippen LogP contribution >= 0.6 is 0 Å². The number of aryl methyl sites for hydroxylation is 2. The smallest absolute Gasteiger partial charge is 0.158 e. The van der Waals surface area contributed by atoms with Gasteiger partial charge in [0.1, 0.15) is 24.6 Å². The number of aromatic nitrogens is 3. The Morgan fingerprint density at radius 2 is 1.88 bits per heavy atom. The van der Waals surface area contributed by atoms with Gasteiger partial charge in [-0.05, 0) is 24.1 Å². The molecule has 0 spiro atoms. The molecule has 0 fully saturated rings. The molecule has 0 aliphatic rings. The second-order valence-electron chi connectivity index (χ2n) is 3.63. The van der Waals surface area contributed by atoms with Gasteiger partial charge in [0, 0.05) is 12.6 Å².